The molecule has 2 aromatic rings. The van der Waals surface area contributed by atoms with Gasteiger partial charge in [-0.3, -0.25) is 9.59 Å². The SMILES string of the molecule is CN1C(=O)C2=C(CCCN(C(=O)CCc3ccccc3)C2c2ccc(Cl)c(Cl)c2)C1(C)C. The Morgan fingerprint density at radius 2 is 1.81 bits per heavy atom. The predicted molar refractivity (Wildman–Crippen MR) is 129 cm³/mol. The van der Waals surface area contributed by atoms with E-state index in [1.807, 2.05) is 48.3 Å². The van der Waals surface area contributed by atoms with E-state index < -0.39 is 6.04 Å². The summed E-state index contributed by atoms with van der Waals surface area (Å²) < 4.78 is 0. The number of halogens is 2. The molecule has 0 aliphatic carbocycles. The summed E-state index contributed by atoms with van der Waals surface area (Å²) >= 11 is 12.5. The second-order valence-electron chi connectivity index (χ2n) is 9.07. The first-order valence-corrected chi connectivity index (χ1v) is 11.8. The maximum absolute atomic E-state index is 13.5. The average Bonchev–Trinajstić information content (AvgIpc) is 2.93. The molecule has 0 aromatic heterocycles. The van der Waals surface area contributed by atoms with Crippen LogP contribution >= 0.6 is 23.2 Å². The van der Waals surface area contributed by atoms with Crippen LogP contribution in [0.2, 0.25) is 10.0 Å². The molecule has 168 valence electrons. The number of carbonyl (C=O) groups is 2. The lowest BCUT2D eigenvalue weighted by molar-refractivity contribution is -0.134. The number of nitrogens with zero attached hydrogens (tertiary/aromatic N) is 2. The van der Waals surface area contributed by atoms with Gasteiger partial charge in [-0.05, 0) is 61.9 Å². The third-order valence-electron chi connectivity index (χ3n) is 6.90. The predicted octanol–water partition coefficient (Wildman–Crippen LogP) is 5.84. The number of rotatable bonds is 4. The van der Waals surface area contributed by atoms with Crippen LogP contribution in [0.1, 0.15) is 50.3 Å². The Bertz CT molecular complexity index is 1080. The van der Waals surface area contributed by atoms with E-state index >= 15 is 0 Å². The van der Waals surface area contributed by atoms with E-state index in [9.17, 15) is 9.59 Å². The van der Waals surface area contributed by atoms with E-state index in [1.165, 1.54) is 0 Å². The molecule has 32 heavy (non-hydrogen) atoms. The molecule has 2 amide bonds. The highest BCUT2D eigenvalue weighted by Crippen LogP contribution is 2.46. The molecule has 6 heteroatoms. The summed E-state index contributed by atoms with van der Waals surface area (Å²) in [6.07, 6.45) is 2.66. The molecule has 1 unspecified atom stereocenters. The Kier molecular flexibility index (Phi) is 6.37. The van der Waals surface area contributed by atoms with Crippen LogP contribution in [0.4, 0.5) is 0 Å². The van der Waals surface area contributed by atoms with Crippen molar-refractivity contribution in [2.45, 2.75) is 51.1 Å². The third kappa shape index (κ3) is 4.06. The Hall–Kier alpha value is -2.30. The van der Waals surface area contributed by atoms with Gasteiger partial charge < -0.3 is 9.80 Å². The lowest BCUT2D eigenvalue weighted by atomic mass is 9.87. The van der Waals surface area contributed by atoms with Crippen molar-refractivity contribution in [3.05, 3.63) is 80.8 Å². The van der Waals surface area contributed by atoms with Gasteiger partial charge in [0.1, 0.15) is 0 Å². The highest BCUT2D eigenvalue weighted by Gasteiger charge is 2.48. The lowest BCUT2D eigenvalue weighted by Crippen LogP contribution is -2.42. The second kappa shape index (κ2) is 8.92. The first-order chi connectivity index (χ1) is 15.2. The number of aryl methyl sites for hydroxylation is 1. The maximum Gasteiger partial charge on any atom is 0.252 e. The summed E-state index contributed by atoms with van der Waals surface area (Å²) in [6.45, 7) is 4.75. The van der Waals surface area contributed by atoms with Gasteiger partial charge in [0, 0.05) is 25.6 Å². The lowest BCUT2D eigenvalue weighted by Gasteiger charge is -2.33. The molecule has 0 bridgehead atoms. The molecule has 0 saturated carbocycles. The molecular formula is C26H28Cl2N2O2. The molecule has 1 atom stereocenters. The minimum Gasteiger partial charge on any atom is -0.333 e. The molecule has 2 aliphatic heterocycles. The molecule has 2 heterocycles. The van der Waals surface area contributed by atoms with E-state index in [0.29, 0.717) is 35.0 Å². The molecule has 2 aliphatic rings. The van der Waals surface area contributed by atoms with Crippen LogP contribution in [0.25, 0.3) is 0 Å². The van der Waals surface area contributed by atoms with Crippen LogP contribution in [0.15, 0.2) is 59.7 Å². The second-order valence-corrected chi connectivity index (χ2v) is 9.88. The van der Waals surface area contributed by atoms with Gasteiger partial charge in [0.05, 0.1) is 21.6 Å². The van der Waals surface area contributed by atoms with E-state index in [4.69, 9.17) is 23.2 Å². The number of carbonyl (C=O) groups excluding carboxylic acids is 2. The van der Waals surface area contributed by atoms with Gasteiger partial charge in [0.2, 0.25) is 5.91 Å². The van der Waals surface area contributed by atoms with Crippen molar-refractivity contribution < 1.29 is 9.59 Å². The monoisotopic (exact) mass is 470 g/mol. The zero-order valence-corrected chi connectivity index (χ0v) is 20.2. The van der Waals surface area contributed by atoms with Gasteiger partial charge in [-0.2, -0.15) is 0 Å². The van der Waals surface area contributed by atoms with Crippen molar-refractivity contribution in [3.8, 4) is 0 Å². The quantitative estimate of drug-likeness (QED) is 0.563. The smallest absolute Gasteiger partial charge is 0.252 e. The summed E-state index contributed by atoms with van der Waals surface area (Å²) in [5.74, 6) is 0.0164. The zero-order valence-electron chi connectivity index (χ0n) is 18.7. The van der Waals surface area contributed by atoms with Gasteiger partial charge in [0.15, 0.2) is 0 Å². The Balaban J connectivity index is 1.75. The minimum absolute atomic E-state index is 0.0242. The van der Waals surface area contributed by atoms with Gasteiger partial charge in [-0.15, -0.1) is 0 Å². The van der Waals surface area contributed by atoms with Crippen LogP contribution < -0.4 is 0 Å². The summed E-state index contributed by atoms with van der Waals surface area (Å²) in [5, 5.41) is 0.876. The molecule has 0 saturated heterocycles. The summed E-state index contributed by atoms with van der Waals surface area (Å²) in [4.78, 5) is 30.6. The molecular weight excluding hydrogens is 443 g/mol. The molecule has 0 spiro atoms. The van der Waals surface area contributed by atoms with E-state index in [2.05, 4.69) is 13.8 Å². The number of benzene rings is 2. The van der Waals surface area contributed by atoms with Gasteiger partial charge >= 0.3 is 0 Å². The highest BCUT2D eigenvalue weighted by molar-refractivity contribution is 6.42. The van der Waals surface area contributed by atoms with Crippen LogP contribution in [0, 0.1) is 0 Å². The van der Waals surface area contributed by atoms with Crippen LogP contribution in [0.3, 0.4) is 0 Å². The van der Waals surface area contributed by atoms with Gasteiger partial charge in [-0.1, -0.05) is 59.6 Å². The number of hydrogen-bond acceptors (Lipinski definition) is 2. The fourth-order valence-electron chi connectivity index (χ4n) is 4.87. The first-order valence-electron chi connectivity index (χ1n) is 11.0. The van der Waals surface area contributed by atoms with Crippen molar-refractivity contribution in [3.63, 3.8) is 0 Å². The Morgan fingerprint density at radius 1 is 1.09 bits per heavy atom. The molecule has 0 fully saturated rings. The van der Waals surface area contributed by atoms with Crippen molar-refractivity contribution in [1.82, 2.24) is 9.80 Å². The molecule has 4 nitrogen and oxygen atoms in total. The minimum atomic E-state index is -0.470. The van der Waals surface area contributed by atoms with Crippen molar-refractivity contribution in [2.75, 3.05) is 13.6 Å². The zero-order chi connectivity index (χ0) is 23.0. The number of hydrogen-bond donors (Lipinski definition) is 0. The van der Waals surface area contributed by atoms with Crippen LogP contribution in [-0.2, 0) is 16.0 Å². The third-order valence-corrected chi connectivity index (χ3v) is 7.64. The van der Waals surface area contributed by atoms with Gasteiger partial charge in [0.25, 0.3) is 5.91 Å². The molecule has 0 radical (unpaired) electrons. The van der Waals surface area contributed by atoms with E-state index in [0.717, 1.165) is 29.5 Å². The normalized spacial score (nSPS) is 20.4. The summed E-state index contributed by atoms with van der Waals surface area (Å²) in [5.41, 5.74) is 3.38. The summed E-state index contributed by atoms with van der Waals surface area (Å²) in [6, 6.07) is 14.9. The van der Waals surface area contributed by atoms with E-state index in [1.54, 1.807) is 17.0 Å². The average molecular weight is 471 g/mol. The van der Waals surface area contributed by atoms with Crippen molar-refractivity contribution >= 4 is 35.0 Å². The van der Waals surface area contributed by atoms with Crippen LogP contribution in [-0.4, -0.2) is 40.7 Å². The van der Waals surface area contributed by atoms with Crippen LogP contribution in [0.5, 0.6) is 0 Å². The van der Waals surface area contributed by atoms with E-state index in [-0.39, 0.29) is 17.4 Å². The Labute approximate surface area is 199 Å². The Morgan fingerprint density at radius 3 is 2.50 bits per heavy atom. The van der Waals surface area contributed by atoms with Crippen molar-refractivity contribution in [1.29, 1.82) is 0 Å². The molecule has 2 aromatic carbocycles. The fourth-order valence-corrected chi connectivity index (χ4v) is 5.17. The largest absolute Gasteiger partial charge is 0.333 e. The topological polar surface area (TPSA) is 40.6 Å². The first kappa shape index (κ1) is 22.9. The molecule has 4 rings (SSSR count). The number of likely N-dealkylation sites (N-methyl/N-ethyl adjacent to an activating group) is 1. The maximum atomic E-state index is 13.5. The van der Waals surface area contributed by atoms with Gasteiger partial charge in [-0.25, -0.2) is 0 Å². The number of amides is 2. The highest BCUT2D eigenvalue weighted by atomic mass is 35.5. The molecule has 0 N–H and O–H groups in total. The fraction of sp³-hybridized carbons (Fsp3) is 0.385. The standard InChI is InChI=1S/C26H28Cl2N2O2/c1-26(2)19-10-7-15-30(22(31)14-11-17-8-5-4-6-9-17)24(23(19)25(32)29(26)3)18-12-13-20(27)21(28)16-18/h4-6,8-9,12-13,16,24H,7,10-11,14-15H2,1-3H3. The van der Waals surface area contributed by atoms with Crippen molar-refractivity contribution in [2.24, 2.45) is 0 Å². The summed E-state index contributed by atoms with van der Waals surface area (Å²) in [7, 11) is 1.84.